The topological polar surface area (TPSA) is 67.6 Å². The minimum atomic E-state index is -0.151. The quantitative estimate of drug-likeness (QED) is 0.735. The minimum absolute atomic E-state index is 0.151. The van der Waals surface area contributed by atoms with Crippen molar-refractivity contribution in [1.29, 1.82) is 0 Å². The molecule has 94 valence electrons. The Morgan fingerprint density at radius 1 is 1.47 bits per heavy atom. The fourth-order valence-corrected chi connectivity index (χ4v) is 1.28. The lowest BCUT2D eigenvalue weighted by Gasteiger charge is -2.13. The molecular weight excluding hydrogens is 218 g/mol. The number of nitrogens with one attached hydrogen (secondary N) is 1. The molecule has 0 saturated heterocycles. The van der Waals surface area contributed by atoms with Gasteiger partial charge in [-0.3, -0.25) is 4.79 Å². The van der Waals surface area contributed by atoms with E-state index >= 15 is 0 Å². The van der Waals surface area contributed by atoms with Crippen molar-refractivity contribution in [1.82, 2.24) is 10.2 Å². The predicted molar refractivity (Wildman–Crippen MR) is 68.3 cm³/mol. The van der Waals surface area contributed by atoms with Crippen LogP contribution in [0.5, 0.6) is 5.75 Å². The number of nitrogen functional groups attached to an aromatic ring is 1. The Labute approximate surface area is 102 Å². The average Bonchev–Trinajstić information content (AvgIpc) is 2.30. The van der Waals surface area contributed by atoms with Gasteiger partial charge in [0.1, 0.15) is 12.4 Å². The van der Waals surface area contributed by atoms with Gasteiger partial charge in [-0.1, -0.05) is 0 Å². The van der Waals surface area contributed by atoms with Gasteiger partial charge in [0.2, 0.25) is 0 Å². The molecule has 5 heteroatoms. The van der Waals surface area contributed by atoms with Crippen molar-refractivity contribution in [3.63, 3.8) is 0 Å². The molecule has 0 unspecified atom stereocenters. The smallest absolute Gasteiger partial charge is 0.251 e. The summed E-state index contributed by atoms with van der Waals surface area (Å²) in [6, 6.07) is 5.01. The van der Waals surface area contributed by atoms with Gasteiger partial charge in [-0.05, 0) is 32.3 Å². The summed E-state index contributed by atoms with van der Waals surface area (Å²) >= 11 is 0. The Morgan fingerprint density at radius 2 is 2.18 bits per heavy atom. The molecule has 1 aromatic carbocycles. The zero-order valence-electron chi connectivity index (χ0n) is 10.5. The molecule has 0 saturated carbocycles. The van der Waals surface area contributed by atoms with Gasteiger partial charge in [0.25, 0.3) is 5.91 Å². The Balaban J connectivity index is 2.73. The van der Waals surface area contributed by atoms with E-state index in [-0.39, 0.29) is 5.91 Å². The van der Waals surface area contributed by atoms with Crippen molar-refractivity contribution in [3.8, 4) is 5.75 Å². The van der Waals surface area contributed by atoms with E-state index in [1.807, 2.05) is 19.0 Å². The second-order valence-electron chi connectivity index (χ2n) is 3.98. The van der Waals surface area contributed by atoms with Crippen LogP contribution < -0.4 is 15.8 Å². The highest BCUT2D eigenvalue weighted by Gasteiger charge is 2.07. The standard InChI is InChI=1S/C12H19N3O2/c1-14-12(16)9-4-5-10(13)11(8-9)17-7-6-15(2)3/h4-5,8H,6-7,13H2,1-3H3,(H,14,16). The van der Waals surface area contributed by atoms with Crippen LogP contribution in [0.4, 0.5) is 5.69 Å². The van der Waals surface area contributed by atoms with Gasteiger partial charge in [0.15, 0.2) is 0 Å². The van der Waals surface area contributed by atoms with Crippen LogP contribution in [-0.2, 0) is 0 Å². The number of anilines is 1. The van der Waals surface area contributed by atoms with Crippen molar-refractivity contribution >= 4 is 11.6 Å². The van der Waals surface area contributed by atoms with E-state index in [2.05, 4.69) is 5.32 Å². The fraction of sp³-hybridized carbons (Fsp3) is 0.417. The van der Waals surface area contributed by atoms with Crippen LogP contribution in [0.1, 0.15) is 10.4 Å². The summed E-state index contributed by atoms with van der Waals surface area (Å²) in [5, 5.41) is 2.56. The summed E-state index contributed by atoms with van der Waals surface area (Å²) < 4.78 is 5.54. The van der Waals surface area contributed by atoms with Crippen LogP contribution in [0.2, 0.25) is 0 Å². The predicted octanol–water partition coefficient (Wildman–Crippen LogP) is 0.569. The average molecular weight is 237 g/mol. The van der Waals surface area contributed by atoms with Gasteiger partial charge >= 0.3 is 0 Å². The first-order valence-electron chi connectivity index (χ1n) is 5.43. The van der Waals surface area contributed by atoms with Gasteiger partial charge in [0.05, 0.1) is 5.69 Å². The lowest BCUT2D eigenvalue weighted by atomic mass is 10.2. The first kappa shape index (κ1) is 13.3. The minimum Gasteiger partial charge on any atom is -0.490 e. The van der Waals surface area contributed by atoms with Gasteiger partial charge in [0, 0.05) is 19.2 Å². The van der Waals surface area contributed by atoms with E-state index in [1.54, 1.807) is 25.2 Å². The molecule has 0 radical (unpaired) electrons. The molecule has 3 N–H and O–H groups in total. The normalized spacial score (nSPS) is 10.4. The molecule has 0 aliphatic rings. The number of ether oxygens (including phenoxy) is 1. The molecule has 17 heavy (non-hydrogen) atoms. The summed E-state index contributed by atoms with van der Waals surface area (Å²) in [5.74, 6) is 0.399. The van der Waals surface area contributed by atoms with E-state index in [1.165, 1.54) is 0 Å². The highest BCUT2D eigenvalue weighted by molar-refractivity contribution is 5.95. The molecular formula is C12H19N3O2. The van der Waals surface area contributed by atoms with Crippen molar-refractivity contribution in [2.75, 3.05) is 40.0 Å². The monoisotopic (exact) mass is 237 g/mol. The summed E-state index contributed by atoms with van der Waals surface area (Å²) in [6.45, 7) is 1.33. The zero-order valence-corrected chi connectivity index (χ0v) is 10.5. The van der Waals surface area contributed by atoms with Crippen LogP contribution in [-0.4, -0.2) is 45.1 Å². The lowest BCUT2D eigenvalue weighted by molar-refractivity contribution is 0.0962. The molecule has 1 aromatic rings. The number of nitrogens with zero attached hydrogens (tertiary/aromatic N) is 1. The highest BCUT2D eigenvalue weighted by atomic mass is 16.5. The SMILES string of the molecule is CNC(=O)c1ccc(N)c(OCCN(C)C)c1. The largest absolute Gasteiger partial charge is 0.490 e. The molecule has 0 heterocycles. The Kier molecular flexibility index (Phi) is 4.78. The van der Waals surface area contributed by atoms with Crippen LogP contribution in [0.15, 0.2) is 18.2 Å². The molecule has 0 atom stereocenters. The maximum atomic E-state index is 11.4. The Morgan fingerprint density at radius 3 is 2.76 bits per heavy atom. The summed E-state index contributed by atoms with van der Waals surface area (Å²) in [5.41, 5.74) is 6.86. The molecule has 0 aromatic heterocycles. The molecule has 0 bridgehead atoms. The van der Waals surface area contributed by atoms with Crippen molar-refractivity contribution < 1.29 is 9.53 Å². The number of carbonyl (C=O) groups is 1. The third kappa shape index (κ3) is 3.96. The van der Waals surface area contributed by atoms with Crippen molar-refractivity contribution in [3.05, 3.63) is 23.8 Å². The van der Waals surface area contributed by atoms with E-state index in [0.717, 1.165) is 6.54 Å². The Bertz CT molecular complexity index is 391. The third-order valence-corrected chi connectivity index (χ3v) is 2.30. The second-order valence-corrected chi connectivity index (χ2v) is 3.98. The number of benzene rings is 1. The number of hydrogen-bond acceptors (Lipinski definition) is 4. The van der Waals surface area contributed by atoms with Gasteiger partial charge < -0.3 is 20.7 Å². The number of hydrogen-bond donors (Lipinski definition) is 2. The molecule has 0 spiro atoms. The van der Waals surface area contributed by atoms with Crippen molar-refractivity contribution in [2.45, 2.75) is 0 Å². The molecule has 0 fully saturated rings. The fourth-order valence-electron chi connectivity index (χ4n) is 1.28. The third-order valence-electron chi connectivity index (χ3n) is 2.30. The highest BCUT2D eigenvalue weighted by Crippen LogP contribution is 2.22. The van der Waals surface area contributed by atoms with E-state index < -0.39 is 0 Å². The first-order valence-corrected chi connectivity index (χ1v) is 5.43. The number of nitrogens with two attached hydrogens (primary N) is 1. The summed E-state index contributed by atoms with van der Waals surface area (Å²) in [6.07, 6.45) is 0. The van der Waals surface area contributed by atoms with Gasteiger partial charge in [-0.15, -0.1) is 0 Å². The maximum absolute atomic E-state index is 11.4. The summed E-state index contributed by atoms with van der Waals surface area (Å²) in [4.78, 5) is 13.5. The Hall–Kier alpha value is -1.75. The van der Waals surface area contributed by atoms with E-state index in [0.29, 0.717) is 23.6 Å². The molecule has 0 aliphatic carbocycles. The van der Waals surface area contributed by atoms with Crippen LogP contribution >= 0.6 is 0 Å². The first-order chi connectivity index (χ1) is 8.04. The molecule has 5 nitrogen and oxygen atoms in total. The van der Waals surface area contributed by atoms with E-state index in [9.17, 15) is 4.79 Å². The van der Waals surface area contributed by atoms with Crippen LogP contribution in [0, 0.1) is 0 Å². The zero-order chi connectivity index (χ0) is 12.8. The number of carbonyl (C=O) groups excluding carboxylic acids is 1. The maximum Gasteiger partial charge on any atom is 0.251 e. The number of amides is 1. The van der Waals surface area contributed by atoms with Gasteiger partial charge in [-0.25, -0.2) is 0 Å². The summed E-state index contributed by atoms with van der Waals surface area (Å²) in [7, 11) is 5.52. The second kappa shape index (κ2) is 6.10. The van der Waals surface area contributed by atoms with E-state index in [4.69, 9.17) is 10.5 Å². The number of rotatable bonds is 5. The van der Waals surface area contributed by atoms with Crippen molar-refractivity contribution in [2.24, 2.45) is 0 Å². The lowest BCUT2D eigenvalue weighted by Crippen LogP contribution is -2.20. The van der Waals surface area contributed by atoms with Crippen LogP contribution in [0.25, 0.3) is 0 Å². The molecule has 1 rings (SSSR count). The van der Waals surface area contributed by atoms with Crippen LogP contribution in [0.3, 0.4) is 0 Å². The molecule has 0 aliphatic heterocycles. The molecule has 1 amide bonds. The van der Waals surface area contributed by atoms with Gasteiger partial charge in [-0.2, -0.15) is 0 Å². The number of likely N-dealkylation sites (N-methyl/N-ethyl adjacent to an activating group) is 1.